The van der Waals surface area contributed by atoms with Gasteiger partial charge in [0, 0.05) is 26.7 Å². The molecule has 0 aliphatic carbocycles. The van der Waals surface area contributed by atoms with Gasteiger partial charge in [-0.25, -0.2) is 0 Å². The molecule has 1 heterocycles. The molecule has 0 aromatic heterocycles. The van der Waals surface area contributed by atoms with E-state index in [1.54, 1.807) is 7.11 Å². The van der Waals surface area contributed by atoms with Crippen molar-refractivity contribution in [3.63, 3.8) is 0 Å². The van der Waals surface area contributed by atoms with E-state index < -0.39 is 0 Å². The Bertz CT molecular complexity index is 202. The Morgan fingerprint density at radius 1 is 1.39 bits per heavy atom. The average Bonchev–Trinajstić information content (AvgIpc) is 2.60. The van der Waals surface area contributed by atoms with Crippen molar-refractivity contribution in [2.45, 2.75) is 38.7 Å². The van der Waals surface area contributed by atoms with Gasteiger partial charge in [0.25, 0.3) is 0 Å². The molecule has 1 aliphatic rings. The molecular weight excluding hydrogens is 228 g/mol. The van der Waals surface area contributed by atoms with Crippen LogP contribution in [0, 0.1) is 5.92 Å². The number of hydrogen-bond donors (Lipinski definition) is 2. The zero-order valence-corrected chi connectivity index (χ0v) is 12.0. The van der Waals surface area contributed by atoms with Crippen LogP contribution in [-0.2, 0) is 4.74 Å². The maximum atomic E-state index is 9.97. The van der Waals surface area contributed by atoms with Crippen molar-refractivity contribution < 1.29 is 9.84 Å². The molecule has 0 aromatic carbocycles. The Morgan fingerprint density at radius 3 is 2.94 bits per heavy atom. The van der Waals surface area contributed by atoms with Crippen LogP contribution in [0.1, 0.15) is 32.6 Å². The van der Waals surface area contributed by atoms with Crippen molar-refractivity contribution in [2.24, 2.45) is 5.92 Å². The number of ether oxygens (including phenoxy) is 1. The highest BCUT2D eigenvalue weighted by atomic mass is 16.5. The predicted octanol–water partition coefficient (Wildman–Crippen LogP) is 1.10. The lowest BCUT2D eigenvalue weighted by Crippen LogP contribution is -2.39. The Hall–Kier alpha value is -0.160. The van der Waals surface area contributed by atoms with Crippen LogP contribution in [0.3, 0.4) is 0 Å². The van der Waals surface area contributed by atoms with Gasteiger partial charge in [0.05, 0.1) is 12.7 Å². The lowest BCUT2D eigenvalue weighted by molar-refractivity contribution is 0.109. The van der Waals surface area contributed by atoms with Crippen molar-refractivity contribution in [3.05, 3.63) is 0 Å². The van der Waals surface area contributed by atoms with Crippen LogP contribution >= 0.6 is 0 Å². The second-order valence-corrected chi connectivity index (χ2v) is 5.36. The molecule has 0 aromatic rings. The largest absolute Gasteiger partial charge is 0.390 e. The molecule has 4 heteroatoms. The first-order valence-electron chi connectivity index (χ1n) is 7.36. The topological polar surface area (TPSA) is 44.7 Å². The number of β-amino-alcohol motifs (C(OH)–C–C–N with tert-alkyl or cyclic N) is 1. The molecule has 0 bridgehead atoms. The summed E-state index contributed by atoms with van der Waals surface area (Å²) in [6.07, 6.45) is 4.97. The van der Waals surface area contributed by atoms with E-state index in [0.29, 0.717) is 13.2 Å². The molecule has 1 saturated heterocycles. The van der Waals surface area contributed by atoms with E-state index in [1.807, 2.05) is 0 Å². The fraction of sp³-hybridized carbons (Fsp3) is 1.00. The molecule has 18 heavy (non-hydrogen) atoms. The smallest absolute Gasteiger partial charge is 0.0791 e. The number of hydrogen-bond acceptors (Lipinski definition) is 4. The zero-order chi connectivity index (χ0) is 13.2. The Kier molecular flexibility index (Phi) is 8.59. The lowest BCUT2D eigenvalue weighted by atomic mass is 9.98. The molecule has 1 rings (SSSR count). The van der Waals surface area contributed by atoms with Crippen LogP contribution in [-0.4, -0.2) is 62.6 Å². The van der Waals surface area contributed by atoms with Gasteiger partial charge in [-0.3, -0.25) is 0 Å². The Balaban J connectivity index is 2.12. The third-order valence-corrected chi connectivity index (χ3v) is 3.85. The summed E-state index contributed by atoms with van der Waals surface area (Å²) in [5, 5.41) is 13.2. The van der Waals surface area contributed by atoms with E-state index in [9.17, 15) is 5.11 Å². The fourth-order valence-electron chi connectivity index (χ4n) is 2.62. The van der Waals surface area contributed by atoms with E-state index in [1.165, 1.54) is 25.7 Å². The molecule has 1 aliphatic heterocycles. The maximum Gasteiger partial charge on any atom is 0.0791 e. The molecular formula is C14H30N2O2. The lowest BCUT2D eigenvalue weighted by Gasteiger charge is -2.23. The van der Waals surface area contributed by atoms with Crippen LogP contribution in [0.5, 0.6) is 0 Å². The first-order chi connectivity index (χ1) is 8.76. The molecule has 0 spiro atoms. The third-order valence-electron chi connectivity index (χ3n) is 3.85. The SMILES string of the molecule is CCC1CCCN(CC(O)CNCCOC)CC1. The second-order valence-electron chi connectivity index (χ2n) is 5.36. The highest BCUT2D eigenvalue weighted by Gasteiger charge is 2.17. The maximum absolute atomic E-state index is 9.97. The van der Waals surface area contributed by atoms with Gasteiger partial charge in [-0.05, 0) is 38.3 Å². The van der Waals surface area contributed by atoms with Gasteiger partial charge in [-0.15, -0.1) is 0 Å². The molecule has 4 nitrogen and oxygen atoms in total. The van der Waals surface area contributed by atoms with Crippen molar-refractivity contribution in [1.82, 2.24) is 10.2 Å². The highest BCUT2D eigenvalue weighted by Crippen LogP contribution is 2.20. The number of nitrogens with one attached hydrogen (secondary N) is 1. The molecule has 2 atom stereocenters. The van der Waals surface area contributed by atoms with Crippen LogP contribution in [0.15, 0.2) is 0 Å². The summed E-state index contributed by atoms with van der Waals surface area (Å²) in [5.74, 6) is 0.895. The van der Waals surface area contributed by atoms with Gasteiger partial charge in [0.2, 0.25) is 0 Å². The van der Waals surface area contributed by atoms with Crippen LogP contribution < -0.4 is 5.32 Å². The number of nitrogens with zero attached hydrogens (tertiary/aromatic N) is 1. The highest BCUT2D eigenvalue weighted by molar-refractivity contribution is 4.72. The monoisotopic (exact) mass is 258 g/mol. The molecule has 0 radical (unpaired) electrons. The van der Waals surface area contributed by atoms with E-state index in [-0.39, 0.29) is 6.10 Å². The average molecular weight is 258 g/mol. The molecule has 108 valence electrons. The molecule has 2 unspecified atom stereocenters. The van der Waals surface area contributed by atoms with Gasteiger partial charge in [-0.1, -0.05) is 13.3 Å². The minimum Gasteiger partial charge on any atom is -0.390 e. The number of aliphatic hydroxyl groups is 1. The summed E-state index contributed by atoms with van der Waals surface area (Å²) in [7, 11) is 1.69. The van der Waals surface area contributed by atoms with E-state index in [2.05, 4.69) is 17.1 Å². The van der Waals surface area contributed by atoms with Gasteiger partial charge in [-0.2, -0.15) is 0 Å². The Labute approximate surface area is 112 Å². The van der Waals surface area contributed by atoms with Gasteiger partial charge in [0.1, 0.15) is 0 Å². The van der Waals surface area contributed by atoms with Crippen molar-refractivity contribution in [1.29, 1.82) is 0 Å². The summed E-state index contributed by atoms with van der Waals surface area (Å²) < 4.78 is 4.96. The third kappa shape index (κ3) is 6.69. The van der Waals surface area contributed by atoms with Crippen LogP contribution in [0.4, 0.5) is 0 Å². The van der Waals surface area contributed by atoms with E-state index in [4.69, 9.17) is 4.74 Å². The Morgan fingerprint density at radius 2 is 2.22 bits per heavy atom. The van der Waals surface area contributed by atoms with Crippen molar-refractivity contribution in [2.75, 3.05) is 46.4 Å². The van der Waals surface area contributed by atoms with E-state index >= 15 is 0 Å². The summed E-state index contributed by atoms with van der Waals surface area (Å²) in [5.41, 5.74) is 0. The molecule has 1 fully saturated rings. The molecule has 0 amide bonds. The van der Waals surface area contributed by atoms with Gasteiger partial charge in [0.15, 0.2) is 0 Å². The number of likely N-dealkylation sites (tertiary alicyclic amines) is 1. The predicted molar refractivity (Wildman–Crippen MR) is 74.8 cm³/mol. The first-order valence-corrected chi connectivity index (χ1v) is 7.36. The zero-order valence-electron chi connectivity index (χ0n) is 12.0. The van der Waals surface area contributed by atoms with E-state index in [0.717, 1.165) is 32.1 Å². The fourth-order valence-corrected chi connectivity index (χ4v) is 2.62. The van der Waals surface area contributed by atoms with Gasteiger partial charge < -0.3 is 20.1 Å². The molecule has 2 N–H and O–H groups in total. The summed E-state index contributed by atoms with van der Waals surface area (Å²) in [6, 6.07) is 0. The van der Waals surface area contributed by atoms with Crippen LogP contribution in [0.25, 0.3) is 0 Å². The van der Waals surface area contributed by atoms with Crippen molar-refractivity contribution >= 4 is 0 Å². The summed E-state index contributed by atoms with van der Waals surface area (Å²) >= 11 is 0. The second kappa shape index (κ2) is 9.73. The quantitative estimate of drug-likeness (QED) is 0.640. The summed E-state index contributed by atoms with van der Waals surface area (Å²) in [6.45, 7) is 7.56. The minimum absolute atomic E-state index is 0.264. The van der Waals surface area contributed by atoms with Crippen LogP contribution in [0.2, 0.25) is 0 Å². The summed E-state index contributed by atoms with van der Waals surface area (Å²) in [4.78, 5) is 2.42. The number of methoxy groups -OCH3 is 1. The normalized spacial score (nSPS) is 23.8. The number of rotatable bonds is 8. The number of aliphatic hydroxyl groups excluding tert-OH is 1. The van der Waals surface area contributed by atoms with Gasteiger partial charge >= 0.3 is 0 Å². The standard InChI is InChI=1S/C14H30N2O2/c1-3-13-5-4-8-16(9-6-13)12-14(17)11-15-7-10-18-2/h13-15,17H,3-12H2,1-2H3. The molecule has 0 saturated carbocycles. The van der Waals surface area contributed by atoms with Crippen molar-refractivity contribution in [3.8, 4) is 0 Å². The minimum atomic E-state index is -0.264. The first kappa shape index (κ1) is 15.9.